The molecular formula is C20H25F2N3O4. The van der Waals surface area contributed by atoms with Crippen molar-refractivity contribution in [1.29, 1.82) is 0 Å². The molecule has 0 saturated carbocycles. The van der Waals surface area contributed by atoms with Crippen molar-refractivity contribution in [3.63, 3.8) is 0 Å². The first kappa shape index (κ1) is 21.0. The molecule has 1 aromatic carbocycles. The Morgan fingerprint density at radius 2 is 2.10 bits per heavy atom. The third kappa shape index (κ3) is 5.42. The van der Waals surface area contributed by atoms with Crippen molar-refractivity contribution in [2.45, 2.75) is 45.5 Å². The SMILES string of the molecule is Cc1cc(OCCCC2CCN(c3nc(C(C)(F)F)no3)CC2)ccc1C(=O)O. The Bertz CT molecular complexity index is 842. The molecule has 2 heterocycles. The smallest absolute Gasteiger partial charge is 0.335 e. The number of rotatable bonds is 8. The lowest BCUT2D eigenvalue weighted by atomic mass is 9.92. The lowest BCUT2D eigenvalue weighted by Gasteiger charge is -2.30. The van der Waals surface area contributed by atoms with Crippen molar-refractivity contribution in [3.05, 3.63) is 35.2 Å². The molecule has 1 N–H and O–H groups in total. The van der Waals surface area contributed by atoms with Gasteiger partial charge < -0.3 is 19.3 Å². The number of carboxylic acid groups (broad SMARTS) is 1. The Morgan fingerprint density at radius 3 is 2.69 bits per heavy atom. The monoisotopic (exact) mass is 409 g/mol. The summed E-state index contributed by atoms with van der Waals surface area (Å²) in [5.41, 5.74) is 0.951. The molecule has 1 aromatic heterocycles. The zero-order valence-electron chi connectivity index (χ0n) is 16.5. The van der Waals surface area contributed by atoms with Crippen LogP contribution in [0.2, 0.25) is 0 Å². The zero-order valence-corrected chi connectivity index (χ0v) is 16.5. The van der Waals surface area contributed by atoms with Crippen molar-refractivity contribution in [2.75, 3.05) is 24.6 Å². The number of hydrogen-bond acceptors (Lipinski definition) is 6. The van der Waals surface area contributed by atoms with E-state index in [9.17, 15) is 13.6 Å². The van der Waals surface area contributed by atoms with Crippen LogP contribution >= 0.6 is 0 Å². The maximum atomic E-state index is 13.2. The van der Waals surface area contributed by atoms with Crippen LogP contribution in [0.1, 0.15) is 54.4 Å². The quantitative estimate of drug-likeness (QED) is 0.652. The summed E-state index contributed by atoms with van der Waals surface area (Å²) >= 11 is 0. The zero-order chi connectivity index (χ0) is 21.0. The standard InChI is InChI=1S/C20H25F2N3O4/c1-13-12-15(5-6-16(13)17(26)27)28-11-3-4-14-7-9-25(10-8-14)19-23-18(24-29-19)20(2,21)22/h5-6,12,14H,3-4,7-11H2,1-2H3,(H,26,27). The first-order valence-electron chi connectivity index (χ1n) is 9.67. The number of anilines is 1. The number of ether oxygens (including phenoxy) is 1. The third-order valence-electron chi connectivity index (χ3n) is 5.15. The van der Waals surface area contributed by atoms with E-state index in [2.05, 4.69) is 10.1 Å². The lowest BCUT2D eigenvalue weighted by molar-refractivity contribution is 0.00558. The fraction of sp³-hybridized carbons (Fsp3) is 0.550. The molecule has 7 nitrogen and oxygen atoms in total. The van der Waals surface area contributed by atoms with Gasteiger partial charge in [0.25, 0.3) is 0 Å². The summed E-state index contributed by atoms with van der Waals surface area (Å²) in [6, 6.07) is 5.12. The first-order valence-corrected chi connectivity index (χ1v) is 9.67. The van der Waals surface area contributed by atoms with E-state index in [-0.39, 0.29) is 11.6 Å². The van der Waals surface area contributed by atoms with Gasteiger partial charge in [-0.3, -0.25) is 0 Å². The van der Waals surface area contributed by atoms with Gasteiger partial charge in [0.05, 0.1) is 12.2 Å². The highest BCUT2D eigenvalue weighted by molar-refractivity contribution is 5.89. The molecule has 0 unspecified atom stereocenters. The molecule has 158 valence electrons. The number of alkyl halides is 2. The van der Waals surface area contributed by atoms with Crippen LogP contribution in [0.15, 0.2) is 22.7 Å². The number of benzene rings is 1. The normalized spacial score (nSPS) is 15.5. The summed E-state index contributed by atoms with van der Waals surface area (Å²) < 4.78 is 37.2. The van der Waals surface area contributed by atoms with Gasteiger partial charge >= 0.3 is 17.9 Å². The predicted molar refractivity (Wildman–Crippen MR) is 102 cm³/mol. The second-order valence-electron chi connectivity index (χ2n) is 7.49. The Kier molecular flexibility index (Phi) is 6.34. The lowest BCUT2D eigenvalue weighted by Crippen LogP contribution is -2.34. The molecule has 1 aliphatic heterocycles. The Hall–Kier alpha value is -2.71. The number of piperidine rings is 1. The Labute approximate surface area is 167 Å². The molecular weight excluding hydrogens is 384 g/mol. The molecule has 0 amide bonds. The highest BCUT2D eigenvalue weighted by atomic mass is 19.3. The van der Waals surface area contributed by atoms with Crippen molar-refractivity contribution in [3.8, 4) is 5.75 Å². The third-order valence-corrected chi connectivity index (χ3v) is 5.15. The van der Waals surface area contributed by atoms with E-state index < -0.39 is 17.7 Å². The summed E-state index contributed by atoms with van der Waals surface area (Å²) in [5, 5.41) is 12.4. The topological polar surface area (TPSA) is 88.7 Å². The van der Waals surface area contributed by atoms with Crippen molar-refractivity contribution >= 4 is 12.0 Å². The molecule has 0 bridgehead atoms. The Balaban J connectivity index is 1.39. The summed E-state index contributed by atoms with van der Waals surface area (Å²) in [6.07, 6.45) is 3.73. The van der Waals surface area contributed by atoms with Crippen LogP contribution in [-0.4, -0.2) is 40.9 Å². The second-order valence-corrected chi connectivity index (χ2v) is 7.49. The molecule has 0 aliphatic carbocycles. The largest absolute Gasteiger partial charge is 0.494 e. The van der Waals surface area contributed by atoms with Gasteiger partial charge in [-0.25, -0.2) is 4.79 Å². The average Bonchev–Trinajstić information content (AvgIpc) is 3.16. The maximum Gasteiger partial charge on any atom is 0.335 e. The summed E-state index contributed by atoms with van der Waals surface area (Å²) in [4.78, 5) is 16.7. The number of aryl methyl sites for hydroxylation is 1. The number of hydrogen-bond donors (Lipinski definition) is 1. The van der Waals surface area contributed by atoms with Gasteiger partial charge in [-0.2, -0.15) is 13.8 Å². The van der Waals surface area contributed by atoms with Gasteiger partial charge in [0.15, 0.2) is 0 Å². The molecule has 1 aliphatic rings. The summed E-state index contributed by atoms with van der Waals surface area (Å²) in [7, 11) is 0. The van der Waals surface area contributed by atoms with Crippen molar-refractivity contribution in [1.82, 2.24) is 10.1 Å². The highest BCUT2D eigenvalue weighted by Gasteiger charge is 2.32. The molecule has 1 saturated heterocycles. The molecule has 2 aromatic rings. The molecule has 0 atom stereocenters. The molecule has 9 heteroatoms. The molecule has 1 fully saturated rings. The minimum Gasteiger partial charge on any atom is -0.494 e. The van der Waals surface area contributed by atoms with Crippen molar-refractivity contribution < 1.29 is 27.9 Å². The van der Waals surface area contributed by atoms with E-state index >= 15 is 0 Å². The van der Waals surface area contributed by atoms with Crippen LogP contribution in [0.4, 0.5) is 14.8 Å². The first-order chi connectivity index (χ1) is 13.7. The van der Waals surface area contributed by atoms with E-state index in [4.69, 9.17) is 14.4 Å². The van der Waals surface area contributed by atoms with Gasteiger partial charge in [0, 0.05) is 20.0 Å². The van der Waals surface area contributed by atoms with Crippen LogP contribution in [0.3, 0.4) is 0 Å². The van der Waals surface area contributed by atoms with Gasteiger partial charge in [0.1, 0.15) is 5.75 Å². The second kappa shape index (κ2) is 8.75. The number of nitrogens with zero attached hydrogens (tertiary/aromatic N) is 3. The van der Waals surface area contributed by atoms with Crippen molar-refractivity contribution in [2.24, 2.45) is 5.92 Å². The van der Waals surface area contributed by atoms with Gasteiger partial charge in [-0.15, -0.1) is 0 Å². The van der Waals surface area contributed by atoms with E-state index in [0.717, 1.165) is 32.6 Å². The van der Waals surface area contributed by atoms with E-state index in [0.29, 0.717) is 36.9 Å². The fourth-order valence-corrected chi connectivity index (χ4v) is 3.46. The van der Waals surface area contributed by atoms with E-state index in [1.165, 1.54) is 0 Å². The van der Waals surface area contributed by atoms with Gasteiger partial charge in [-0.1, -0.05) is 5.16 Å². The Morgan fingerprint density at radius 1 is 1.38 bits per heavy atom. The van der Waals surface area contributed by atoms with E-state index in [1.54, 1.807) is 25.1 Å². The molecule has 3 rings (SSSR count). The van der Waals surface area contributed by atoms with Crippen LogP contribution in [0, 0.1) is 12.8 Å². The molecule has 29 heavy (non-hydrogen) atoms. The minimum atomic E-state index is -3.10. The van der Waals surface area contributed by atoms with Gasteiger partial charge in [0.2, 0.25) is 5.82 Å². The number of aromatic carboxylic acids is 1. The average molecular weight is 409 g/mol. The number of aromatic nitrogens is 2. The van der Waals surface area contributed by atoms with E-state index in [1.807, 2.05) is 4.90 Å². The maximum absolute atomic E-state index is 13.2. The van der Waals surface area contributed by atoms with Crippen LogP contribution in [-0.2, 0) is 5.92 Å². The summed E-state index contributed by atoms with van der Waals surface area (Å²) in [6.45, 7) is 4.44. The molecule has 0 radical (unpaired) electrons. The number of halogens is 2. The minimum absolute atomic E-state index is 0.156. The predicted octanol–water partition coefficient (Wildman–Crippen LogP) is 4.26. The summed E-state index contributed by atoms with van der Waals surface area (Å²) in [5.74, 6) is -3.44. The fourth-order valence-electron chi connectivity index (χ4n) is 3.46. The van der Waals surface area contributed by atoms with Crippen LogP contribution in [0.25, 0.3) is 0 Å². The van der Waals surface area contributed by atoms with Crippen LogP contribution < -0.4 is 9.64 Å². The molecule has 0 spiro atoms. The van der Waals surface area contributed by atoms with Gasteiger partial charge in [-0.05, 0) is 62.3 Å². The van der Waals surface area contributed by atoms with Crippen LogP contribution in [0.5, 0.6) is 5.75 Å². The highest BCUT2D eigenvalue weighted by Crippen LogP contribution is 2.29. The number of carboxylic acids is 1. The number of carbonyl (C=O) groups is 1.